The summed E-state index contributed by atoms with van der Waals surface area (Å²) in [5.41, 5.74) is 6.10. The van der Waals surface area contributed by atoms with Crippen LogP contribution in [0.2, 0.25) is 0 Å². The van der Waals surface area contributed by atoms with E-state index in [1.165, 1.54) is 24.6 Å². The molecule has 0 saturated heterocycles. The number of primary amides is 1. The second kappa shape index (κ2) is 8.17. The van der Waals surface area contributed by atoms with E-state index in [2.05, 4.69) is 10.4 Å². The third kappa shape index (κ3) is 4.01. The van der Waals surface area contributed by atoms with E-state index in [1.54, 1.807) is 13.8 Å². The SMILES string of the molecule is CCOC(=O)c1c(NC(=O)C(C)n2nc([N+](=O)[O-])cc2C)sc(C(N)=O)c1C. The fraction of sp³-hybridized carbons (Fsp3) is 0.375. The number of nitrogens with zero attached hydrogens (tertiary/aromatic N) is 3. The van der Waals surface area contributed by atoms with Crippen LogP contribution in [0.25, 0.3) is 0 Å². The molecule has 0 saturated carbocycles. The lowest BCUT2D eigenvalue weighted by molar-refractivity contribution is -0.389. The zero-order chi connectivity index (χ0) is 21.2. The highest BCUT2D eigenvalue weighted by Crippen LogP contribution is 2.34. The second-order valence-electron chi connectivity index (χ2n) is 5.86. The van der Waals surface area contributed by atoms with Gasteiger partial charge in [-0.1, -0.05) is 0 Å². The number of thiophene rings is 1. The van der Waals surface area contributed by atoms with E-state index in [0.717, 1.165) is 11.3 Å². The molecule has 0 fully saturated rings. The molecule has 2 heterocycles. The minimum absolute atomic E-state index is 0.0457. The number of aromatic nitrogens is 2. The molecule has 12 heteroatoms. The maximum Gasteiger partial charge on any atom is 0.390 e. The van der Waals surface area contributed by atoms with Gasteiger partial charge in [0.05, 0.1) is 33.9 Å². The summed E-state index contributed by atoms with van der Waals surface area (Å²) < 4.78 is 6.19. The van der Waals surface area contributed by atoms with Crippen molar-refractivity contribution in [1.29, 1.82) is 0 Å². The summed E-state index contributed by atoms with van der Waals surface area (Å²) in [7, 11) is 0. The van der Waals surface area contributed by atoms with Crippen molar-refractivity contribution < 1.29 is 24.0 Å². The Hall–Kier alpha value is -3.28. The summed E-state index contributed by atoms with van der Waals surface area (Å²) in [5.74, 6) is -2.39. The van der Waals surface area contributed by atoms with Gasteiger partial charge in [0.25, 0.3) is 11.8 Å². The minimum Gasteiger partial charge on any atom is -0.462 e. The first-order valence-electron chi connectivity index (χ1n) is 8.20. The number of nitrogens with one attached hydrogen (secondary N) is 1. The Morgan fingerprint density at radius 3 is 2.57 bits per heavy atom. The van der Waals surface area contributed by atoms with Crippen LogP contribution in [0.4, 0.5) is 10.8 Å². The summed E-state index contributed by atoms with van der Waals surface area (Å²) in [6.45, 7) is 6.35. The van der Waals surface area contributed by atoms with Crippen LogP contribution < -0.4 is 11.1 Å². The average Bonchev–Trinajstić information content (AvgIpc) is 3.15. The van der Waals surface area contributed by atoms with Gasteiger partial charge in [0, 0.05) is 0 Å². The van der Waals surface area contributed by atoms with Gasteiger partial charge in [-0.05, 0) is 38.2 Å². The third-order valence-corrected chi connectivity index (χ3v) is 5.15. The Bertz CT molecular complexity index is 963. The number of amides is 2. The van der Waals surface area contributed by atoms with E-state index in [1.807, 2.05) is 0 Å². The molecule has 1 atom stereocenters. The highest BCUT2D eigenvalue weighted by atomic mass is 32.1. The number of rotatable bonds is 7. The Morgan fingerprint density at radius 1 is 1.43 bits per heavy atom. The topological polar surface area (TPSA) is 159 Å². The molecule has 0 radical (unpaired) electrons. The molecule has 0 aromatic carbocycles. The highest BCUT2D eigenvalue weighted by Gasteiger charge is 2.29. The summed E-state index contributed by atoms with van der Waals surface area (Å²) in [5, 5.41) is 17.4. The Kier molecular flexibility index (Phi) is 6.13. The highest BCUT2D eigenvalue weighted by molar-refractivity contribution is 7.18. The molecule has 0 aliphatic heterocycles. The number of esters is 1. The van der Waals surface area contributed by atoms with Crippen LogP contribution in [0.3, 0.4) is 0 Å². The number of hydrogen-bond acceptors (Lipinski definition) is 8. The van der Waals surface area contributed by atoms with Crippen molar-refractivity contribution >= 4 is 39.9 Å². The smallest absolute Gasteiger partial charge is 0.390 e. The van der Waals surface area contributed by atoms with E-state index in [9.17, 15) is 24.5 Å². The molecule has 3 N–H and O–H groups in total. The molecule has 0 aliphatic carbocycles. The van der Waals surface area contributed by atoms with E-state index < -0.39 is 28.7 Å². The number of ether oxygens (including phenoxy) is 1. The van der Waals surface area contributed by atoms with Crippen LogP contribution in [-0.2, 0) is 9.53 Å². The predicted octanol–water partition coefficient (Wildman–Crippen LogP) is 1.94. The number of nitro groups is 1. The quantitative estimate of drug-likeness (QED) is 0.401. The molecule has 0 spiro atoms. The van der Waals surface area contributed by atoms with Crippen molar-refractivity contribution in [1.82, 2.24) is 9.78 Å². The molecule has 2 amide bonds. The van der Waals surface area contributed by atoms with E-state index in [4.69, 9.17) is 10.5 Å². The standard InChI is InChI=1S/C16H19N5O6S/c1-5-27-16(24)11-8(3)12(13(17)22)28-15(11)18-14(23)9(4)20-7(2)6-10(19-20)21(25)26/h6,9H,5H2,1-4H3,(H2,17,22)(H,18,23). The lowest BCUT2D eigenvalue weighted by Gasteiger charge is -2.12. The third-order valence-electron chi connectivity index (χ3n) is 3.93. The monoisotopic (exact) mass is 409 g/mol. The zero-order valence-electron chi connectivity index (χ0n) is 15.6. The summed E-state index contributed by atoms with van der Waals surface area (Å²) in [4.78, 5) is 46.9. The zero-order valence-corrected chi connectivity index (χ0v) is 16.5. The minimum atomic E-state index is -0.914. The average molecular weight is 409 g/mol. The molecule has 11 nitrogen and oxygen atoms in total. The first-order chi connectivity index (χ1) is 13.1. The van der Waals surface area contributed by atoms with Crippen molar-refractivity contribution in [3.05, 3.63) is 37.9 Å². The second-order valence-corrected chi connectivity index (χ2v) is 6.88. The van der Waals surface area contributed by atoms with Gasteiger partial charge >= 0.3 is 11.8 Å². The number of aryl methyl sites for hydroxylation is 1. The molecule has 0 aliphatic rings. The summed E-state index contributed by atoms with van der Waals surface area (Å²) in [6.07, 6.45) is 0. The molecule has 2 rings (SSSR count). The normalized spacial score (nSPS) is 11.7. The van der Waals surface area contributed by atoms with Gasteiger partial charge in [-0.25, -0.2) is 4.79 Å². The van der Waals surface area contributed by atoms with Crippen LogP contribution in [0.15, 0.2) is 6.07 Å². The number of hydrogen-bond donors (Lipinski definition) is 2. The van der Waals surface area contributed by atoms with Crippen molar-refractivity contribution in [2.24, 2.45) is 5.73 Å². The molecular weight excluding hydrogens is 390 g/mol. The van der Waals surface area contributed by atoms with Crippen molar-refractivity contribution in [2.45, 2.75) is 33.7 Å². The number of carbonyl (C=O) groups is 3. The first-order valence-corrected chi connectivity index (χ1v) is 9.01. The van der Waals surface area contributed by atoms with Crippen molar-refractivity contribution in [3.8, 4) is 0 Å². The lowest BCUT2D eigenvalue weighted by atomic mass is 10.1. The van der Waals surface area contributed by atoms with E-state index >= 15 is 0 Å². The van der Waals surface area contributed by atoms with Crippen molar-refractivity contribution in [2.75, 3.05) is 11.9 Å². The maximum atomic E-state index is 12.7. The fourth-order valence-corrected chi connectivity index (χ4v) is 3.62. The van der Waals surface area contributed by atoms with E-state index in [0.29, 0.717) is 11.3 Å². The van der Waals surface area contributed by atoms with Gasteiger partial charge in [-0.3, -0.25) is 9.59 Å². The molecule has 1 unspecified atom stereocenters. The van der Waals surface area contributed by atoms with Crippen LogP contribution in [0.1, 0.15) is 51.2 Å². The van der Waals surface area contributed by atoms with Gasteiger partial charge < -0.3 is 25.9 Å². The molecule has 0 bridgehead atoms. The van der Waals surface area contributed by atoms with Crippen LogP contribution in [0, 0.1) is 24.0 Å². The van der Waals surface area contributed by atoms with Gasteiger partial charge in [0.15, 0.2) is 0 Å². The van der Waals surface area contributed by atoms with Crippen LogP contribution >= 0.6 is 11.3 Å². The van der Waals surface area contributed by atoms with Crippen LogP contribution in [0.5, 0.6) is 0 Å². The maximum absolute atomic E-state index is 12.7. The van der Waals surface area contributed by atoms with Gasteiger partial charge in [0.2, 0.25) is 0 Å². The van der Waals surface area contributed by atoms with Gasteiger partial charge in [0.1, 0.15) is 11.0 Å². The number of anilines is 1. The molecule has 150 valence electrons. The molecule has 2 aromatic rings. The molecular formula is C16H19N5O6S. The van der Waals surface area contributed by atoms with E-state index in [-0.39, 0.29) is 27.9 Å². The Labute approximate surface area is 163 Å². The predicted molar refractivity (Wildman–Crippen MR) is 100 cm³/mol. The number of nitrogens with two attached hydrogens (primary N) is 1. The summed E-state index contributed by atoms with van der Waals surface area (Å²) in [6, 6.07) is 0.331. The Balaban J connectivity index is 2.37. The summed E-state index contributed by atoms with van der Waals surface area (Å²) >= 11 is 0.858. The number of carbonyl (C=O) groups excluding carboxylic acids is 3. The van der Waals surface area contributed by atoms with Crippen LogP contribution in [-0.4, -0.2) is 39.1 Å². The Morgan fingerprint density at radius 2 is 2.07 bits per heavy atom. The van der Waals surface area contributed by atoms with Gasteiger partial charge in [-0.15, -0.1) is 11.3 Å². The lowest BCUT2D eigenvalue weighted by Crippen LogP contribution is -2.25. The fourth-order valence-electron chi connectivity index (χ4n) is 2.57. The molecule has 2 aromatic heterocycles. The van der Waals surface area contributed by atoms with Crippen molar-refractivity contribution in [3.63, 3.8) is 0 Å². The first kappa shape index (κ1) is 21.0. The largest absolute Gasteiger partial charge is 0.462 e. The molecule has 28 heavy (non-hydrogen) atoms. The van der Waals surface area contributed by atoms with Gasteiger partial charge in [-0.2, -0.15) is 4.68 Å².